The quantitative estimate of drug-likeness (QED) is 0.832. The van der Waals surface area contributed by atoms with Crippen LogP contribution >= 0.6 is 12.2 Å². The summed E-state index contributed by atoms with van der Waals surface area (Å²) in [6.45, 7) is 9.03. The molecule has 0 atom stereocenters. The van der Waals surface area contributed by atoms with Crippen LogP contribution in [0.2, 0.25) is 0 Å². The fraction of sp³-hybridized carbons (Fsp3) is 0.556. The number of nitrogens with one attached hydrogen (secondary N) is 2. The number of carbonyl (C=O) groups excluding carboxylic acids is 1. The molecule has 0 radical (unpaired) electrons. The Morgan fingerprint density at radius 2 is 2.04 bits per heavy atom. The molecule has 126 valence electrons. The predicted octanol–water partition coefficient (Wildman–Crippen LogP) is 2.72. The van der Waals surface area contributed by atoms with Gasteiger partial charge < -0.3 is 15.5 Å². The van der Waals surface area contributed by atoms with Gasteiger partial charge in [0, 0.05) is 31.2 Å². The molecule has 0 spiro atoms. The van der Waals surface area contributed by atoms with E-state index >= 15 is 0 Å². The molecule has 0 unspecified atom stereocenters. The molecule has 1 fully saturated rings. The highest BCUT2D eigenvalue weighted by molar-refractivity contribution is 7.80. The number of amides is 1. The minimum Gasteiger partial charge on any atom is -0.362 e. The molecule has 0 saturated carbocycles. The number of aryl methyl sites for hydroxylation is 1. The summed E-state index contributed by atoms with van der Waals surface area (Å²) in [4.78, 5) is 14.5. The lowest BCUT2D eigenvalue weighted by atomic mass is 10.0. The Kier molecular flexibility index (Phi) is 6.39. The summed E-state index contributed by atoms with van der Waals surface area (Å²) >= 11 is 5.44. The van der Waals surface area contributed by atoms with Gasteiger partial charge in [0.05, 0.1) is 0 Å². The predicted molar refractivity (Wildman–Crippen MR) is 98.7 cm³/mol. The Morgan fingerprint density at radius 3 is 2.65 bits per heavy atom. The first-order chi connectivity index (χ1) is 11.0. The largest absolute Gasteiger partial charge is 0.362 e. The van der Waals surface area contributed by atoms with E-state index in [4.69, 9.17) is 12.2 Å². The molecule has 1 saturated heterocycles. The van der Waals surface area contributed by atoms with Crippen LogP contribution in [-0.4, -0.2) is 41.6 Å². The number of thiocarbonyl (C=S) groups is 1. The van der Waals surface area contributed by atoms with Gasteiger partial charge in [-0.15, -0.1) is 0 Å². The Labute approximate surface area is 144 Å². The molecule has 5 heteroatoms. The Morgan fingerprint density at radius 1 is 1.35 bits per heavy atom. The number of hydrogen-bond donors (Lipinski definition) is 2. The molecule has 23 heavy (non-hydrogen) atoms. The third kappa shape index (κ3) is 5.50. The van der Waals surface area contributed by atoms with Gasteiger partial charge >= 0.3 is 0 Å². The van der Waals surface area contributed by atoms with Crippen molar-refractivity contribution in [1.82, 2.24) is 15.5 Å². The van der Waals surface area contributed by atoms with Crippen LogP contribution in [-0.2, 0) is 0 Å². The Hall–Kier alpha value is -1.62. The molecule has 0 aliphatic carbocycles. The van der Waals surface area contributed by atoms with Crippen molar-refractivity contribution in [3.63, 3.8) is 0 Å². The van der Waals surface area contributed by atoms with Crippen molar-refractivity contribution in [2.45, 2.75) is 39.7 Å². The van der Waals surface area contributed by atoms with Crippen molar-refractivity contribution < 1.29 is 4.79 Å². The second kappa shape index (κ2) is 8.29. The molecule has 1 amide bonds. The van der Waals surface area contributed by atoms with Crippen molar-refractivity contribution >= 4 is 23.2 Å². The molecule has 1 aliphatic heterocycles. The van der Waals surface area contributed by atoms with Crippen LogP contribution < -0.4 is 10.6 Å². The summed E-state index contributed by atoms with van der Waals surface area (Å²) in [7, 11) is 0. The maximum atomic E-state index is 12.3. The third-order valence-electron chi connectivity index (χ3n) is 4.06. The average Bonchev–Trinajstić information content (AvgIpc) is 2.53. The first kappa shape index (κ1) is 17.7. The van der Waals surface area contributed by atoms with Crippen LogP contribution in [0.3, 0.4) is 0 Å². The second-order valence-electron chi connectivity index (χ2n) is 6.68. The molecule has 2 N–H and O–H groups in total. The highest BCUT2D eigenvalue weighted by atomic mass is 32.1. The average molecular weight is 334 g/mol. The maximum Gasteiger partial charge on any atom is 0.251 e. The zero-order valence-corrected chi connectivity index (χ0v) is 15.1. The van der Waals surface area contributed by atoms with Gasteiger partial charge in [-0.1, -0.05) is 31.5 Å². The molecular weight excluding hydrogens is 306 g/mol. The molecule has 4 nitrogen and oxygen atoms in total. The number of hydrogen-bond acceptors (Lipinski definition) is 2. The van der Waals surface area contributed by atoms with Gasteiger partial charge in [-0.05, 0) is 50.0 Å². The first-order valence-corrected chi connectivity index (χ1v) is 8.77. The SMILES string of the molecule is Cc1cccc(C(=O)NC2CCN(C(=S)NCC(C)C)CC2)c1. The first-order valence-electron chi connectivity index (χ1n) is 8.36. The number of piperidine rings is 1. The number of likely N-dealkylation sites (tertiary alicyclic amines) is 1. The number of rotatable bonds is 4. The van der Waals surface area contributed by atoms with E-state index in [9.17, 15) is 4.79 Å². The normalized spacial score (nSPS) is 15.6. The summed E-state index contributed by atoms with van der Waals surface area (Å²) < 4.78 is 0. The summed E-state index contributed by atoms with van der Waals surface area (Å²) in [5.41, 5.74) is 1.84. The summed E-state index contributed by atoms with van der Waals surface area (Å²) in [5.74, 6) is 0.603. The second-order valence-corrected chi connectivity index (χ2v) is 7.07. The zero-order chi connectivity index (χ0) is 16.8. The van der Waals surface area contributed by atoms with Gasteiger partial charge in [-0.2, -0.15) is 0 Å². The molecule has 1 heterocycles. The van der Waals surface area contributed by atoms with E-state index in [2.05, 4.69) is 29.4 Å². The standard InChI is InChI=1S/C18H27N3OS/c1-13(2)12-19-18(23)21-9-7-16(8-10-21)20-17(22)15-6-4-5-14(3)11-15/h4-6,11,13,16H,7-10,12H2,1-3H3,(H,19,23)(H,20,22). The van der Waals surface area contributed by atoms with Crippen LogP contribution in [0.5, 0.6) is 0 Å². The van der Waals surface area contributed by atoms with Crippen LogP contribution in [0.25, 0.3) is 0 Å². The van der Waals surface area contributed by atoms with E-state index in [1.165, 1.54) is 0 Å². The molecule has 1 aliphatic rings. The van der Waals surface area contributed by atoms with Crippen LogP contribution in [0.1, 0.15) is 42.6 Å². The lowest BCUT2D eigenvalue weighted by Crippen LogP contribution is -2.49. The lowest BCUT2D eigenvalue weighted by Gasteiger charge is -2.34. The summed E-state index contributed by atoms with van der Waals surface area (Å²) in [6, 6.07) is 7.94. The lowest BCUT2D eigenvalue weighted by molar-refractivity contribution is 0.0922. The zero-order valence-electron chi connectivity index (χ0n) is 14.3. The molecule has 1 aromatic rings. The fourth-order valence-corrected chi connectivity index (χ4v) is 2.95. The fourth-order valence-electron chi connectivity index (χ4n) is 2.69. The Bertz CT molecular complexity index is 551. The van der Waals surface area contributed by atoms with E-state index in [-0.39, 0.29) is 11.9 Å². The van der Waals surface area contributed by atoms with Crippen molar-refractivity contribution in [2.75, 3.05) is 19.6 Å². The molecule has 1 aromatic carbocycles. The van der Waals surface area contributed by atoms with Crippen molar-refractivity contribution in [3.8, 4) is 0 Å². The smallest absolute Gasteiger partial charge is 0.251 e. The summed E-state index contributed by atoms with van der Waals surface area (Å²) in [5, 5.41) is 7.29. The van der Waals surface area contributed by atoms with Gasteiger partial charge in [-0.25, -0.2) is 0 Å². The number of nitrogens with zero attached hydrogens (tertiary/aromatic N) is 1. The van der Waals surface area contributed by atoms with E-state index in [0.29, 0.717) is 5.92 Å². The number of benzene rings is 1. The minimum absolute atomic E-state index is 0.0210. The van der Waals surface area contributed by atoms with Gasteiger partial charge in [0.15, 0.2) is 5.11 Å². The summed E-state index contributed by atoms with van der Waals surface area (Å²) in [6.07, 6.45) is 1.86. The highest BCUT2D eigenvalue weighted by Crippen LogP contribution is 2.12. The monoisotopic (exact) mass is 333 g/mol. The molecular formula is C18H27N3OS. The van der Waals surface area contributed by atoms with E-state index in [0.717, 1.165) is 48.7 Å². The van der Waals surface area contributed by atoms with E-state index < -0.39 is 0 Å². The third-order valence-corrected chi connectivity index (χ3v) is 4.46. The molecule has 0 aromatic heterocycles. The highest BCUT2D eigenvalue weighted by Gasteiger charge is 2.22. The molecule has 0 bridgehead atoms. The van der Waals surface area contributed by atoms with E-state index in [1.54, 1.807) is 0 Å². The van der Waals surface area contributed by atoms with Gasteiger partial charge in [0.1, 0.15) is 0 Å². The van der Waals surface area contributed by atoms with Crippen molar-refractivity contribution in [2.24, 2.45) is 5.92 Å². The topological polar surface area (TPSA) is 44.4 Å². The van der Waals surface area contributed by atoms with Gasteiger partial charge in [-0.3, -0.25) is 4.79 Å². The van der Waals surface area contributed by atoms with Crippen molar-refractivity contribution in [1.29, 1.82) is 0 Å². The molecule has 2 rings (SSSR count). The number of carbonyl (C=O) groups is 1. The minimum atomic E-state index is 0.0210. The van der Waals surface area contributed by atoms with Crippen molar-refractivity contribution in [3.05, 3.63) is 35.4 Å². The van der Waals surface area contributed by atoms with Crippen LogP contribution in [0.4, 0.5) is 0 Å². The van der Waals surface area contributed by atoms with E-state index in [1.807, 2.05) is 31.2 Å². The maximum absolute atomic E-state index is 12.3. The Balaban J connectivity index is 1.78. The van der Waals surface area contributed by atoms with Gasteiger partial charge in [0.25, 0.3) is 5.91 Å². The van der Waals surface area contributed by atoms with Crippen LogP contribution in [0, 0.1) is 12.8 Å². The van der Waals surface area contributed by atoms with Crippen LogP contribution in [0.15, 0.2) is 24.3 Å². The van der Waals surface area contributed by atoms with Gasteiger partial charge in [0.2, 0.25) is 0 Å².